The first-order chi connectivity index (χ1) is 8.22. The molecule has 0 amide bonds. The highest BCUT2D eigenvalue weighted by Crippen LogP contribution is 2.28. The summed E-state index contributed by atoms with van der Waals surface area (Å²) in [5, 5.41) is 2.80. The molecule has 0 atom stereocenters. The molecule has 1 aromatic rings. The molecule has 0 aliphatic heterocycles. The smallest absolute Gasteiger partial charge is 0.154 e. The van der Waals surface area contributed by atoms with Crippen LogP contribution in [0.3, 0.4) is 0 Å². The number of aliphatic imine (C=N–C) groups is 1. The molecule has 0 bridgehead atoms. The molecule has 3 nitrogen and oxygen atoms in total. The summed E-state index contributed by atoms with van der Waals surface area (Å²) in [6.45, 7) is 2.00. The van der Waals surface area contributed by atoms with E-state index in [0.717, 1.165) is 34.1 Å². The quantitative estimate of drug-likeness (QED) is 0.375. The molecule has 1 aliphatic rings. The molecule has 94 valence electrons. The summed E-state index contributed by atoms with van der Waals surface area (Å²) in [5.41, 5.74) is 3.78. The molecule has 5 heteroatoms. The van der Waals surface area contributed by atoms with Crippen molar-refractivity contribution in [2.75, 3.05) is 0 Å². The van der Waals surface area contributed by atoms with Crippen LogP contribution in [0.2, 0.25) is 5.02 Å². The standard InChI is InChI=1S/C12H18ClN3S/c1-8-7-17-11(10(8)13)12(16-14)15-9-5-3-2-4-6-9/h7,9H,2-6,14H2,1H3,(H,15,16). The van der Waals surface area contributed by atoms with Crippen molar-refractivity contribution in [2.24, 2.45) is 10.8 Å². The van der Waals surface area contributed by atoms with Crippen molar-refractivity contribution >= 4 is 28.8 Å². The van der Waals surface area contributed by atoms with Crippen LogP contribution in [0.25, 0.3) is 0 Å². The lowest BCUT2D eigenvalue weighted by molar-refractivity contribution is 0.442. The Morgan fingerprint density at radius 2 is 2.18 bits per heavy atom. The fraction of sp³-hybridized carbons (Fsp3) is 0.583. The maximum Gasteiger partial charge on any atom is 0.154 e. The molecule has 0 radical (unpaired) electrons. The van der Waals surface area contributed by atoms with E-state index >= 15 is 0 Å². The van der Waals surface area contributed by atoms with Gasteiger partial charge < -0.3 is 5.43 Å². The highest BCUT2D eigenvalue weighted by molar-refractivity contribution is 7.13. The minimum Gasteiger partial charge on any atom is -0.308 e. The van der Waals surface area contributed by atoms with Crippen LogP contribution < -0.4 is 11.3 Å². The Bertz CT molecular complexity index is 408. The van der Waals surface area contributed by atoms with Gasteiger partial charge in [-0.3, -0.25) is 4.99 Å². The van der Waals surface area contributed by atoms with Crippen molar-refractivity contribution in [3.8, 4) is 0 Å². The van der Waals surface area contributed by atoms with Crippen molar-refractivity contribution in [3.63, 3.8) is 0 Å². The third-order valence-electron chi connectivity index (χ3n) is 3.14. The van der Waals surface area contributed by atoms with Gasteiger partial charge in [-0.15, -0.1) is 11.3 Å². The summed E-state index contributed by atoms with van der Waals surface area (Å²) in [6.07, 6.45) is 6.18. The van der Waals surface area contributed by atoms with Crippen LogP contribution in [0.4, 0.5) is 0 Å². The number of rotatable bonds is 2. The van der Waals surface area contributed by atoms with Gasteiger partial charge in [0.2, 0.25) is 0 Å². The van der Waals surface area contributed by atoms with Crippen molar-refractivity contribution < 1.29 is 0 Å². The number of thiophene rings is 1. The summed E-state index contributed by atoms with van der Waals surface area (Å²) in [4.78, 5) is 5.66. The first-order valence-electron chi connectivity index (χ1n) is 6.00. The van der Waals surface area contributed by atoms with Gasteiger partial charge in [-0.1, -0.05) is 30.9 Å². The van der Waals surface area contributed by atoms with Crippen molar-refractivity contribution in [3.05, 3.63) is 20.8 Å². The van der Waals surface area contributed by atoms with Crippen molar-refractivity contribution in [2.45, 2.75) is 45.1 Å². The molecule has 1 aromatic heterocycles. The lowest BCUT2D eigenvalue weighted by atomic mass is 9.96. The molecule has 0 unspecified atom stereocenters. The molecule has 1 fully saturated rings. The normalized spacial score (nSPS) is 18.4. The van der Waals surface area contributed by atoms with Crippen molar-refractivity contribution in [1.29, 1.82) is 0 Å². The summed E-state index contributed by atoms with van der Waals surface area (Å²) in [5.74, 6) is 6.30. The van der Waals surface area contributed by atoms with E-state index in [1.807, 2.05) is 12.3 Å². The summed E-state index contributed by atoms with van der Waals surface area (Å²) >= 11 is 7.83. The predicted octanol–water partition coefficient (Wildman–Crippen LogP) is 3.25. The number of hydrazine groups is 1. The van der Waals surface area contributed by atoms with E-state index in [4.69, 9.17) is 22.4 Å². The highest BCUT2D eigenvalue weighted by Gasteiger charge is 2.16. The number of nitrogens with zero attached hydrogens (tertiary/aromatic N) is 1. The number of amidine groups is 1. The average molecular weight is 272 g/mol. The van der Waals surface area contributed by atoms with Gasteiger partial charge in [-0.05, 0) is 30.7 Å². The van der Waals surface area contributed by atoms with Crippen LogP contribution >= 0.6 is 22.9 Å². The minimum atomic E-state index is 0.397. The molecule has 1 aliphatic carbocycles. The Hall–Kier alpha value is -0.580. The molecule has 1 saturated carbocycles. The van der Waals surface area contributed by atoms with E-state index in [2.05, 4.69) is 5.43 Å². The third-order valence-corrected chi connectivity index (χ3v) is 4.84. The van der Waals surface area contributed by atoms with E-state index in [9.17, 15) is 0 Å². The van der Waals surface area contributed by atoms with E-state index in [1.165, 1.54) is 19.3 Å². The Balaban J connectivity index is 2.20. The van der Waals surface area contributed by atoms with Gasteiger partial charge >= 0.3 is 0 Å². The number of nitrogens with one attached hydrogen (secondary N) is 1. The average Bonchev–Trinajstić information content (AvgIpc) is 2.69. The molecule has 0 aromatic carbocycles. The fourth-order valence-corrected chi connectivity index (χ4v) is 3.39. The van der Waals surface area contributed by atoms with Crippen LogP contribution in [0, 0.1) is 6.92 Å². The maximum atomic E-state index is 6.23. The second-order valence-corrected chi connectivity index (χ2v) is 5.73. The maximum absolute atomic E-state index is 6.23. The molecular formula is C12H18ClN3S. The third kappa shape index (κ3) is 3.00. The van der Waals surface area contributed by atoms with Crippen LogP contribution in [0.5, 0.6) is 0 Å². The topological polar surface area (TPSA) is 50.4 Å². The molecule has 0 saturated heterocycles. The molecule has 2 rings (SSSR count). The number of hydrogen-bond donors (Lipinski definition) is 2. The van der Waals surface area contributed by atoms with Gasteiger partial charge in [0.1, 0.15) is 0 Å². The second-order valence-electron chi connectivity index (χ2n) is 4.48. The van der Waals surface area contributed by atoms with E-state index in [-0.39, 0.29) is 0 Å². The van der Waals surface area contributed by atoms with Gasteiger partial charge in [0.05, 0.1) is 15.9 Å². The lowest BCUT2D eigenvalue weighted by Gasteiger charge is -2.18. The van der Waals surface area contributed by atoms with Crippen LogP contribution in [-0.2, 0) is 0 Å². The molecular weight excluding hydrogens is 254 g/mol. The summed E-state index contributed by atoms with van der Waals surface area (Å²) in [7, 11) is 0. The number of hydrogen-bond acceptors (Lipinski definition) is 3. The molecule has 1 heterocycles. The van der Waals surface area contributed by atoms with E-state index in [0.29, 0.717) is 6.04 Å². The van der Waals surface area contributed by atoms with Crippen LogP contribution in [-0.4, -0.2) is 11.9 Å². The van der Waals surface area contributed by atoms with Crippen molar-refractivity contribution in [1.82, 2.24) is 5.43 Å². The Labute approximate surface area is 111 Å². The SMILES string of the molecule is Cc1csc(C(=NC2CCCCC2)NN)c1Cl. The Morgan fingerprint density at radius 3 is 2.71 bits per heavy atom. The zero-order valence-electron chi connectivity index (χ0n) is 10.0. The van der Waals surface area contributed by atoms with Crippen LogP contribution in [0.1, 0.15) is 42.5 Å². The van der Waals surface area contributed by atoms with Crippen LogP contribution in [0.15, 0.2) is 10.4 Å². The largest absolute Gasteiger partial charge is 0.308 e. The fourth-order valence-electron chi connectivity index (χ4n) is 2.14. The first-order valence-corrected chi connectivity index (χ1v) is 7.26. The van der Waals surface area contributed by atoms with Gasteiger partial charge in [-0.2, -0.15) is 0 Å². The van der Waals surface area contributed by atoms with E-state index in [1.54, 1.807) is 11.3 Å². The monoisotopic (exact) mass is 271 g/mol. The number of halogens is 1. The first kappa shape index (κ1) is 12.9. The summed E-state index contributed by atoms with van der Waals surface area (Å²) < 4.78 is 0. The van der Waals surface area contributed by atoms with Gasteiger partial charge in [0, 0.05) is 0 Å². The molecule has 17 heavy (non-hydrogen) atoms. The minimum absolute atomic E-state index is 0.397. The number of aryl methyl sites for hydroxylation is 1. The second kappa shape index (κ2) is 5.85. The summed E-state index contributed by atoms with van der Waals surface area (Å²) in [6, 6.07) is 0.397. The van der Waals surface area contributed by atoms with Gasteiger partial charge in [0.25, 0.3) is 0 Å². The predicted molar refractivity (Wildman–Crippen MR) is 74.8 cm³/mol. The van der Waals surface area contributed by atoms with Gasteiger partial charge in [0.15, 0.2) is 5.84 Å². The molecule has 3 N–H and O–H groups in total. The zero-order chi connectivity index (χ0) is 12.3. The lowest BCUT2D eigenvalue weighted by Crippen LogP contribution is -2.32. The zero-order valence-corrected chi connectivity index (χ0v) is 11.6. The Morgan fingerprint density at radius 1 is 1.47 bits per heavy atom. The highest BCUT2D eigenvalue weighted by atomic mass is 35.5. The molecule has 0 spiro atoms. The Kier molecular flexibility index (Phi) is 4.42. The van der Waals surface area contributed by atoms with E-state index < -0.39 is 0 Å². The number of nitrogens with two attached hydrogens (primary N) is 1. The van der Waals surface area contributed by atoms with Gasteiger partial charge in [-0.25, -0.2) is 5.84 Å².